The summed E-state index contributed by atoms with van der Waals surface area (Å²) in [6, 6.07) is 17.3. The van der Waals surface area contributed by atoms with Crippen molar-refractivity contribution in [2.45, 2.75) is 45.8 Å². The summed E-state index contributed by atoms with van der Waals surface area (Å²) >= 11 is 0. The molecule has 0 aliphatic heterocycles. The second-order valence-electron chi connectivity index (χ2n) is 10.1. The van der Waals surface area contributed by atoms with Crippen LogP contribution in [0, 0.1) is 5.92 Å². The third kappa shape index (κ3) is 6.53. The first-order valence-electron chi connectivity index (χ1n) is 13.4. The number of hydrogen-bond donors (Lipinski definition) is 1. The fourth-order valence-electron chi connectivity index (χ4n) is 4.72. The second kappa shape index (κ2) is 12.4. The zero-order valence-corrected chi connectivity index (χ0v) is 23.4. The molecule has 41 heavy (non-hydrogen) atoms. The van der Waals surface area contributed by atoms with Gasteiger partial charge in [0.2, 0.25) is 0 Å². The maximum atomic E-state index is 13.9. The number of para-hydroxylation sites is 2. The maximum absolute atomic E-state index is 13.9. The summed E-state index contributed by atoms with van der Waals surface area (Å²) in [5, 5.41) is 2.89. The van der Waals surface area contributed by atoms with Crippen molar-refractivity contribution in [1.82, 2.24) is 14.5 Å². The van der Waals surface area contributed by atoms with Gasteiger partial charge in [0.15, 0.2) is 0 Å². The lowest BCUT2D eigenvalue weighted by Gasteiger charge is -2.33. The third-order valence-electron chi connectivity index (χ3n) is 6.88. The standard InChI is InChI=1S/C31H33F3N4O3/c1-5-27(37(19-18-20(2)3)30(40)36-26-13-9-7-11-24(26)31(32,33)34)28-35-25-12-8-6-10-23(25)29(39)38(28)21-14-16-22(41-4)17-15-21/h6-17,20,27H,5,18-19H2,1-4H3,(H,36,40). The molecule has 4 rings (SSSR count). The van der Waals surface area contributed by atoms with Gasteiger partial charge < -0.3 is 15.0 Å². The summed E-state index contributed by atoms with van der Waals surface area (Å²) in [4.78, 5) is 34.0. The van der Waals surface area contributed by atoms with E-state index >= 15 is 0 Å². The number of rotatable bonds is 9. The lowest BCUT2D eigenvalue weighted by molar-refractivity contribution is -0.136. The predicted molar refractivity (Wildman–Crippen MR) is 154 cm³/mol. The van der Waals surface area contributed by atoms with E-state index in [1.165, 1.54) is 27.7 Å². The number of methoxy groups -OCH3 is 1. The summed E-state index contributed by atoms with van der Waals surface area (Å²) < 4.78 is 47.9. The van der Waals surface area contributed by atoms with Crippen LogP contribution in [-0.4, -0.2) is 34.1 Å². The number of carbonyl (C=O) groups excluding carboxylic acids is 1. The van der Waals surface area contributed by atoms with Gasteiger partial charge in [-0.3, -0.25) is 9.36 Å². The van der Waals surface area contributed by atoms with E-state index in [1.807, 2.05) is 20.8 Å². The van der Waals surface area contributed by atoms with Gasteiger partial charge in [0.25, 0.3) is 5.56 Å². The van der Waals surface area contributed by atoms with E-state index in [9.17, 15) is 22.8 Å². The summed E-state index contributed by atoms with van der Waals surface area (Å²) in [5.41, 5.74) is -0.616. The van der Waals surface area contributed by atoms with E-state index in [1.54, 1.807) is 55.6 Å². The van der Waals surface area contributed by atoms with Crippen molar-refractivity contribution in [2.75, 3.05) is 19.0 Å². The predicted octanol–water partition coefficient (Wildman–Crippen LogP) is 7.44. The van der Waals surface area contributed by atoms with Crippen molar-refractivity contribution in [3.05, 3.63) is 94.5 Å². The Labute approximate surface area is 236 Å². The van der Waals surface area contributed by atoms with Gasteiger partial charge in [0.05, 0.1) is 41.0 Å². The fraction of sp³-hybridized carbons (Fsp3) is 0.323. The van der Waals surface area contributed by atoms with Gasteiger partial charge in [-0.05, 0) is 67.3 Å². The summed E-state index contributed by atoms with van der Waals surface area (Å²) in [6.07, 6.45) is -3.70. The quantitative estimate of drug-likeness (QED) is 0.228. The molecule has 216 valence electrons. The first-order chi connectivity index (χ1) is 19.5. The number of anilines is 1. The minimum absolute atomic E-state index is 0.207. The molecule has 1 N–H and O–H groups in total. The van der Waals surface area contributed by atoms with Gasteiger partial charge in [-0.1, -0.05) is 45.0 Å². The third-order valence-corrected chi connectivity index (χ3v) is 6.88. The van der Waals surface area contributed by atoms with Gasteiger partial charge in [0.1, 0.15) is 11.6 Å². The Morgan fingerprint density at radius 3 is 2.32 bits per heavy atom. The van der Waals surface area contributed by atoms with Crippen LogP contribution >= 0.6 is 0 Å². The van der Waals surface area contributed by atoms with Crippen LogP contribution < -0.4 is 15.6 Å². The number of halogens is 3. The molecule has 1 heterocycles. The minimum atomic E-state index is -4.65. The molecule has 4 aromatic rings. The number of hydrogen-bond acceptors (Lipinski definition) is 4. The summed E-state index contributed by atoms with van der Waals surface area (Å²) in [6.45, 7) is 6.08. The molecule has 0 aliphatic carbocycles. The highest BCUT2D eigenvalue weighted by atomic mass is 19.4. The number of alkyl halides is 3. The molecule has 1 aromatic heterocycles. The van der Waals surface area contributed by atoms with Gasteiger partial charge in [-0.25, -0.2) is 9.78 Å². The van der Waals surface area contributed by atoms with Gasteiger partial charge >= 0.3 is 12.2 Å². The number of urea groups is 1. The molecule has 0 fully saturated rings. The van der Waals surface area contributed by atoms with E-state index in [4.69, 9.17) is 9.72 Å². The van der Waals surface area contributed by atoms with Crippen molar-refractivity contribution >= 4 is 22.6 Å². The molecule has 0 aliphatic rings. The molecular weight excluding hydrogens is 533 g/mol. The number of aromatic nitrogens is 2. The maximum Gasteiger partial charge on any atom is 0.418 e. The molecule has 0 bridgehead atoms. The number of benzene rings is 3. The Morgan fingerprint density at radius 1 is 1.02 bits per heavy atom. The molecule has 0 saturated carbocycles. The Kier molecular flexibility index (Phi) is 9.00. The average molecular weight is 567 g/mol. The number of nitrogens with zero attached hydrogens (tertiary/aromatic N) is 3. The normalized spacial score (nSPS) is 12.4. The Bertz CT molecular complexity index is 1570. The van der Waals surface area contributed by atoms with E-state index in [2.05, 4.69) is 5.32 Å². The molecule has 0 radical (unpaired) electrons. The van der Waals surface area contributed by atoms with Crippen molar-refractivity contribution in [3.63, 3.8) is 0 Å². The largest absolute Gasteiger partial charge is 0.497 e. The Hall–Kier alpha value is -4.34. The monoisotopic (exact) mass is 566 g/mol. The van der Waals surface area contributed by atoms with Crippen LogP contribution in [0.5, 0.6) is 5.75 Å². The molecule has 0 spiro atoms. The second-order valence-corrected chi connectivity index (χ2v) is 10.1. The molecule has 0 saturated heterocycles. The molecule has 2 amide bonds. The van der Waals surface area contributed by atoms with Gasteiger partial charge in [0, 0.05) is 6.54 Å². The number of amides is 2. The highest BCUT2D eigenvalue weighted by Crippen LogP contribution is 2.35. The molecule has 1 unspecified atom stereocenters. The van der Waals surface area contributed by atoms with Crippen molar-refractivity contribution in [2.24, 2.45) is 5.92 Å². The van der Waals surface area contributed by atoms with Crippen molar-refractivity contribution in [1.29, 1.82) is 0 Å². The Morgan fingerprint density at radius 2 is 1.68 bits per heavy atom. The highest BCUT2D eigenvalue weighted by Gasteiger charge is 2.35. The minimum Gasteiger partial charge on any atom is -0.497 e. The molecule has 3 aromatic carbocycles. The lowest BCUT2D eigenvalue weighted by atomic mass is 10.1. The van der Waals surface area contributed by atoms with Gasteiger partial charge in [-0.15, -0.1) is 0 Å². The van der Waals surface area contributed by atoms with Crippen LogP contribution in [0.2, 0.25) is 0 Å². The van der Waals surface area contributed by atoms with Crippen LogP contribution in [0.3, 0.4) is 0 Å². The van der Waals surface area contributed by atoms with Gasteiger partial charge in [-0.2, -0.15) is 13.2 Å². The highest BCUT2D eigenvalue weighted by molar-refractivity contribution is 5.90. The van der Waals surface area contributed by atoms with Crippen LogP contribution in [0.15, 0.2) is 77.6 Å². The fourth-order valence-corrected chi connectivity index (χ4v) is 4.72. The zero-order valence-electron chi connectivity index (χ0n) is 23.4. The molecular formula is C31H33F3N4O3. The van der Waals surface area contributed by atoms with Crippen LogP contribution in [0.1, 0.15) is 51.0 Å². The van der Waals surface area contributed by atoms with Crippen molar-refractivity contribution < 1.29 is 22.7 Å². The number of carbonyl (C=O) groups is 1. The van der Waals surface area contributed by atoms with E-state index in [0.717, 1.165) is 6.07 Å². The molecule has 1 atom stereocenters. The number of nitrogens with one attached hydrogen (secondary N) is 1. The van der Waals surface area contributed by atoms with E-state index < -0.39 is 23.8 Å². The van der Waals surface area contributed by atoms with E-state index in [-0.39, 0.29) is 23.7 Å². The smallest absolute Gasteiger partial charge is 0.418 e. The molecule has 10 heteroatoms. The van der Waals surface area contributed by atoms with Crippen LogP contribution in [-0.2, 0) is 6.18 Å². The topological polar surface area (TPSA) is 76.5 Å². The van der Waals surface area contributed by atoms with Crippen LogP contribution in [0.25, 0.3) is 16.6 Å². The average Bonchev–Trinajstić information content (AvgIpc) is 2.95. The summed E-state index contributed by atoms with van der Waals surface area (Å²) in [7, 11) is 1.54. The number of fused-ring (bicyclic) bond motifs is 1. The molecule has 7 nitrogen and oxygen atoms in total. The van der Waals surface area contributed by atoms with E-state index in [0.29, 0.717) is 41.0 Å². The van der Waals surface area contributed by atoms with Crippen LogP contribution in [0.4, 0.5) is 23.7 Å². The Balaban J connectivity index is 1.87. The first kappa shape index (κ1) is 29.6. The summed E-state index contributed by atoms with van der Waals surface area (Å²) in [5.74, 6) is 1.12. The zero-order chi connectivity index (χ0) is 29.7. The number of ether oxygens (including phenoxy) is 1. The van der Waals surface area contributed by atoms with Crippen molar-refractivity contribution in [3.8, 4) is 11.4 Å². The lowest BCUT2D eigenvalue weighted by Crippen LogP contribution is -2.42. The SMILES string of the molecule is CCC(c1nc2ccccc2c(=O)n1-c1ccc(OC)cc1)N(CCC(C)C)C(=O)Nc1ccccc1C(F)(F)F. The first-order valence-corrected chi connectivity index (χ1v) is 13.4.